The lowest BCUT2D eigenvalue weighted by molar-refractivity contribution is -0.385. The van der Waals surface area contributed by atoms with Crippen LogP contribution in [-0.2, 0) is 9.47 Å². The molecular weight excluding hydrogens is 312 g/mol. The zero-order valence-electron chi connectivity index (χ0n) is 11.8. The monoisotopic (exact) mass is 326 g/mol. The summed E-state index contributed by atoms with van der Waals surface area (Å²) < 4.78 is 11.2. The lowest BCUT2D eigenvalue weighted by Crippen LogP contribution is -2.47. The molecule has 0 atom stereocenters. The van der Waals surface area contributed by atoms with Crippen molar-refractivity contribution in [1.29, 1.82) is 0 Å². The van der Waals surface area contributed by atoms with Gasteiger partial charge in [-0.05, 0) is 12.1 Å². The Morgan fingerprint density at radius 3 is 2.50 bits per heavy atom. The van der Waals surface area contributed by atoms with Gasteiger partial charge in [-0.25, -0.2) is 0 Å². The van der Waals surface area contributed by atoms with Gasteiger partial charge in [0.2, 0.25) is 0 Å². The van der Waals surface area contributed by atoms with Crippen LogP contribution in [0, 0.1) is 10.1 Å². The van der Waals surface area contributed by atoms with Crippen molar-refractivity contribution in [1.82, 2.24) is 4.90 Å². The molecule has 2 saturated heterocycles. The average molecular weight is 327 g/mol. The summed E-state index contributed by atoms with van der Waals surface area (Å²) in [7, 11) is 0. The highest BCUT2D eigenvalue weighted by Crippen LogP contribution is 2.32. The van der Waals surface area contributed by atoms with Crippen molar-refractivity contribution in [3.05, 3.63) is 38.9 Å². The standard InChI is InChI=1S/C14H15ClN2O5/c15-10-1-2-11(12(9-10)17(19)20)13(18)16-5-3-14(4-6-16)21-7-8-22-14/h1-2,9H,3-8H2. The van der Waals surface area contributed by atoms with Crippen LogP contribution < -0.4 is 0 Å². The van der Waals surface area contributed by atoms with Gasteiger partial charge in [0.25, 0.3) is 11.6 Å². The number of nitrogens with zero attached hydrogens (tertiary/aromatic N) is 2. The zero-order valence-corrected chi connectivity index (χ0v) is 12.5. The van der Waals surface area contributed by atoms with Crippen LogP contribution in [0.25, 0.3) is 0 Å². The number of benzene rings is 1. The first-order valence-corrected chi connectivity index (χ1v) is 7.40. The summed E-state index contributed by atoms with van der Waals surface area (Å²) in [4.78, 5) is 24.6. The molecular formula is C14H15ClN2O5. The van der Waals surface area contributed by atoms with Crippen LogP contribution >= 0.6 is 11.6 Å². The molecule has 0 saturated carbocycles. The highest BCUT2D eigenvalue weighted by atomic mass is 35.5. The average Bonchev–Trinajstić information content (AvgIpc) is 2.95. The number of hydrogen-bond donors (Lipinski definition) is 0. The van der Waals surface area contributed by atoms with E-state index in [-0.39, 0.29) is 22.2 Å². The van der Waals surface area contributed by atoms with Crippen molar-refractivity contribution in [2.45, 2.75) is 18.6 Å². The summed E-state index contributed by atoms with van der Waals surface area (Å²) in [6, 6.07) is 4.08. The lowest BCUT2D eigenvalue weighted by Gasteiger charge is -2.37. The molecule has 1 aromatic rings. The molecule has 0 radical (unpaired) electrons. The maximum atomic E-state index is 12.5. The van der Waals surface area contributed by atoms with Crippen LogP contribution in [0.15, 0.2) is 18.2 Å². The molecule has 2 heterocycles. The number of carbonyl (C=O) groups is 1. The summed E-state index contributed by atoms with van der Waals surface area (Å²) in [5.74, 6) is -0.945. The van der Waals surface area contributed by atoms with Gasteiger partial charge in [-0.3, -0.25) is 14.9 Å². The molecule has 7 nitrogen and oxygen atoms in total. The van der Waals surface area contributed by atoms with E-state index in [9.17, 15) is 14.9 Å². The predicted octanol–water partition coefficient (Wildman–Crippen LogP) is 2.23. The highest BCUT2D eigenvalue weighted by Gasteiger charge is 2.41. The van der Waals surface area contributed by atoms with Crippen molar-refractivity contribution in [3.63, 3.8) is 0 Å². The molecule has 8 heteroatoms. The van der Waals surface area contributed by atoms with Gasteiger partial charge in [0.1, 0.15) is 5.56 Å². The summed E-state index contributed by atoms with van der Waals surface area (Å²) >= 11 is 5.77. The Morgan fingerprint density at radius 2 is 1.91 bits per heavy atom. The molecule has 1 aromatic carbocycles. The summed E-state index contributed by atoms with van der Waals surface area (Å²) in [5.41, 5.74) is -0.218. The second-order valence-corrected chi connectivity index (χ2v) is 5.75. The van der Waals surface area contributed by atoms with Gasteiger partial charge in [-0.1, -0.05) is 11.6 Å². The van der Waals surface area contributed by atoms with Gasteiger partial charge in [0.15, 0.2) is 5.79 Å². The topological polar surface area (TPSA) is 81.9 Å². The van der Waals surface area contributed by atoms with E-state index in [4.69, 9.17) is 21.1 Å². The smallest absolute Gasteiger partial charge is 0.283 e. The first-order chi connectivity index (χ1) is 10.5. The molecule has 3 rings (SSSR count). The van der Waals surface area contributed by atoms with Crippen molar-refractivity contribution < 1.29 is 19.2 Å². The Kier molecular flexibility index (Phi) is 4.03. The Bertz CT molecular complexity index is 605. The molecule has 22 heavy (non-hydrogen) atoms. The third kappa shape index (κ3) is 2.79. The summed E-state index contributed by atoms with van der Waals surface area (Å²) in [6.07, 6.45) is 1.14. The van der Waals surface area contributed by atoms with Crippen LogP contribution in [0.2, 0.25) is 5.02 Å². The lowest BCUT2D eigenvalue weighted by atomic mass is 10.0. The molecule has 0 aromatic heterocycles. The van der Waals surface area contributed by atoms with E-state index in [1.165, 1.54) is 18.2 Å². The number of ether oxygens (including phenoxy) is 2. The third-order valence-electron chi connectivity index (χ3n) is 4.01. The number of hydrogen-bond acceptors (Lipinski definition) is 5. The summed E-state index contributed by atoms with van der Waals surface area (Å²) in [5, 5.41) is 11.3. The van der Waals surface area contributed by atoms with Crippen molar-refractivity contribution in [2.24, 2.45) is 0 Å². The summed E-state index contributed by atoms with van der Waals surface area (Å²) in [6.45, 7) is 2.02. The maximum Gasteiger partial charge on any atom is 0.283 e. The fourth-order valence-electron chi connectivity index (χ4n) is 2.84. The minimum Gasteiger partial charge on any atom is -0.347 e. The SMILES string of the molecule is O=C(c1ccc(Cl)cc1[N+](=O)[O-])N1CCC2(CC1)OCCO2. The van der Waals surface area contributed by atoms with Gasteiger partial charge < -0.3 is 14.4 Å². The minimum atomic E-state index is -0.590. The van der Waals surface area contributed by atoms with Gasteiger partial charge in [0, 0.05) is 37.0 Å². The van der Waals surface area contributed by atoms with Crippen molar-refractivity contribution in [2.75, 3.05) is 26.3 Å². The highest BCUT2D eigenvalue weighted by molar-refractivity contribution is 6.31. The van der Waals surface area contributed by atoms with E-state index in [2.05, 4.69) is 0 Å². The number of carbonyl (C=O) groups excluding carboxylic acids is 1. The second kappa shape index (κ2) is 5.83. The first kappa shape index (κ1) is 15.2. The molecule has 2 aliphatic rings. The molecule has 0 bridgehead atoms. The number of amides is 1. The molecule has 2 aliphatic heterocycles. The van der Waals surface area contributed by atoms with Gasteiger partial charge in [-0.15, -0.1) is 0 Å². The normalized spacial score (nSPS) is 20.3. The molecule has 1 spiro atoms. The number of likely N-dealkylation sites (tertiary alicyclic amines) is 1. The number of nitro groups is 1. The van der Waals surface area contributed by atoms with Gasteiger partial charge >= 0.3 is 0 Å². The quantitative estimate of drug-likeness (QED) is 0.615. The Balaban J connectivity index is 1.76. The predicted molar refractivity (Wildman–Crippen MR) is 77.9 cm³/mol. The van der Waals surface area contributed by atoms with E-state index in [1.54, 1.807) is 4.90 Å². The van der Waals surface area contributed by atoms with E-state index in [0.717, 1.165) is 0 Å². The Hall–Kier alpha value is -1.70. The van der Waals surface area contributed by atoms with Crippen LogP contribution in [0.5, 0.6) is 0 Å². The molecule has 1 amide bonds. The Labute approximate surface area is 131 Å². The Morgan fingerprint density at radius 1 is 1.27 bits per heavy atom. The molecule has 0 aliphatic carbocycles. The van der Waals surface area contributed by atoms with Crippen LogP contribution in [0.1, 0.15) is 23.2 Å². The number of piperidine rings is 1. The van der Waals surface area contributed by atoms with Gasteiger partial charge in [-0.2, -0.15) is 0 Å². The number of nitro benzene ring substituents is 1. The molecule has 0 N–H and O–H groups in total. The van der Waals surface area contributed by atoms with Crippen LogP contribution in [-0.4, -0.2) is 47.8 Å². The van der Waals surface area contributed by atoms with E-state index in [0.29, 0.717) is 39.1 Å². The largest absolute Gasteiger partial charge is 0.347 e. The third-order valence-corrected chi connectivity index (χ3v) is 4.25. The molecule has 118 valence electrons. The van der Waals surface area contributed by atoms with Crippen molar-refractivity contribution >= 4 is 23.2 Å². The number of rotatable bonds is 2. The van der Waals surface area contributed by atoms with E-state index in [1.807, 2.05) is 0 Å². The minimum absolute atomic E-state index is 0.0543. The second-order valence-electron chi connectivity index (χ2n) is 5.32. The maximum absolute atomic E-state index is 12.5. The fourth-order valence-corrected chi connectivity index (χ4v) is 3.01. The van der Waals surface area contributed by atoms with Gasteiger partial charge in [0.05, 0.1) is 18.1 Å². The molecule has 2 fully saturated rings. The van der Waals surface area contributed by atoms with Crippen LogP contribution in [0.4, 0.5) is 5.69 Å². The molecule has 0 unspecified atom stereocenters. The van der Waals surface area contributed by atoms with Crippen LogP contribution in [0.3, 0.4) is 0 Å². The first-order valence-electron chi connectivity index (χ1n) is 7.02. The van der Waals surface area contributed by atoms with E-state index < -0.39 is 10.7 Å². The fraction of sp³-hybridized carbons (Fsp3) is 0.500. The van der Waals surface area contributed by atoms with Crippen molar-refractivity contribution in [3.8, 4) is 0 Å². The zero-order chi connectivity index (χ0) is 15.7. The van der Waals surface area contributed by atoms with E-state index >= 15 is 0 Å². The number of halogens is 1.